The molecule has 0 aliphatic carbocycles. The average molecular weight is 455 g/mol. The lowest BCUT2D eigenvalue weighted by Crippen LogP contribution is -2.06. The predicted octanol–water partition coefficient (Wildman–Crippen LogP) is 5.72. The quantitative estimate of drug-likeness (QED) is 0.250. The van der Waals surface area contributed by atoms with Crippen LogP contribution in [0.5, 0.6) is 5.75 Å². The zero-order chi connectivity index (χ0) is 22.7. The Hall–Kier alpha value is -3.46. The molecule has 164 valence electrons. The number of halogens is 2. The lowest BCUT2D eigenvalue weighted by atomic mass is 10.2. The van der Waals surface area contributed by atoms with Gasteiger partial charge in [0.2, 0.25) is 5.89 Å². The molecule has 9 heteroatoms. The number of ketones is 1. The molecule has 0 bridgehead atoms. The Labute approximate surface area is 187 Å². The summed E-state index contributed by atoms with van der Waals surface area (Å²) in [5.74, 6) is 0.541. The van der Waals surface area contributed by atoms with Gasteiger partial charge >= 0.3 is 6.61 Å². The van der Waals surface area contributed by atoms with Gasteiger partial charge in [-0.2, -0.15) is 8.78 Å². The molecular weight excluding hydrogens is 436 g/mol. The van der Waals surface area contributed by atoms with Crippen LogP contribution in [-0.2, 0) is 0 Å². The Bertz CT molecular complexity index is 1220. The molecule has 32 heavy (non-hydrogen) atoms. The van der Waals surface area contributed by atoms with Crippen molar-refractivity contribution in [2.75, 3.05) is 5.75 Å². The first-order valence-electron chi connectivity index (χ1n) is 9.71. The summed E-state index contributed by atoms with van der Waals surface area (Å²) in [5, 5.41) is 8.35. The Morgan fingerprint density at radius 3 is 2.50 bits per heavy atom. The summed E-state index contributed by atoms with van der Waals surface area (Å²) >= 11 is 1.18. The summed E-state index contributed by atoms with van der Waals surface area (Å²) in [6.45, 7) is 0.847. The molecule has 0 saturated heterocycles. The molecule has 0 atom stereocenters. The Balaban J connectivity index is 1.46. The predicted molar refractivity (Wildman–Crippen MR) is 117 cm³/mol. The van der Waals surface area contributed by atoms with Crippen LogP contribution < -0.4 is 4.74 Å². The number of nitrogens with zero attached hydrogens (tertiary/aromatic N) is 3. The van der Waals surface area contributed by atoms with Crippen molar-refractivity contribution in [1.29, 1.82) is 0 Å². The molecule has 2 aromatic carbocycles. The van der Waals surface area contributed by atoms with Crippen LogP contribution in [0.15, 0.2) is 70.3 Å². The molecule has 0 saturated carbocycles. The number of carbonyl (C=O) groups is 1. The molecule has 0 unspecified atom stereocenters. The SMILES string of the molecule is Cc1cc(C(=O)CSc2nnc(-c3ccccc3)o2)c(C)n1-c1ccc(OC(F)F)cc1. The van der Waals surface area contributed by atoms with Gasteiger partial charge in [0.05, 0.1) is 5.75 Å². The van der Waals surface area contributed by atoms with Crippen LogP contribution in [0.2, 0.25) is 0 Å². The first-order chi connectivity index (χ1) is 15.4. The van der Waals surface area contributed by atoms with E-state index < -0.39 is 6.61 Å². The Kier molecular flexibility index (Phi) is 6.36. The summed E-state index contributed by atoms with van der Waals surface area (Å²) in [7, 11) is 0. The summed E-state index contributed by atoms with van der Waals surface area (Å²) in [6, 6.07) is 17.5. The van der Waals surface area contributed by atoms with Gasteiger partial charge in [-0.3, -0.25) is 4.79 Å². The van der Waals surface area contributed by atoms with Gasteiger partial charge in [-0.1, -0.05) is 30.0 Å². The zero-order valence-corrected chi connectivity index (χ0v) is 18.1. The summed E-state index contributed by atoms with van der Waals surface area (Å²) in [6.07, 6.45) is 0. The van der Waals surface area contributed by atoms with Gasteiger partial charge in [0.25, 0.3) is 5.22 Å². The minimum atomic E-state index is -2.87. The highest BCUT2D eigenvalue weighted by Gasteiger charge is 2.18. The summed E-state index contributed by atoms with van der Waals surface area (Å²) in [5.41, 5.74) is 3.74. The molecule has 0 fully saturated rings. The van der Waals surface area contributed by atoms with E-state index in [0.717, 1.165) is 22.6 Å². The number of aryl methyl sites for hydroxylation is 1. The number of hydrogen-bond acceptors (Lipinski definition) is 6. The van der Waals surface area contributed by atoms with Crippen LogP contribution in [0.3, 0.4) is 0 Å². The fourth-order valence-corrected chi connectivity index (χ4v) is 4.04. The normalized spacial score (nSPS) is 11.2. The van der Waals surface area contributed by atoms with Gasteiger partial charge in [0, 0.05) is 28.2 Å². The number of carbonyl (C=O) groups excluding carboxylic acids is 1. The van der Waals surface area contributed by atoms with E-state index >= 15 is 0 Å². The smallest absolute Gasteiger partial charge is 0.387 e. The van der Waals surface area contributed by atoms with Crippen molar-refractivity contribution in [1.82, 2.24) is 14.8 Å². The van der Waals surface area contributed by atoms with E-state index in [1.807, 2.05) is 54.8 Å². The highest BCUT2D eigenvalue weighted by atomic mass is 32.2. The molecule has 0 radical (unpaired) electrons. The van der Waals surface area contributed by atoms with Crippen LogP contribution in [0, 0.1) is 13.8 Å². The van der Waals surface area contributed by atoms with Crippen molar-refractivity contribution in [2.45, 2.75) is 25.7 Å². The number of aromatic nitrogens is 3. The second kappa shape index (κ2) is 9.35. The molecule has 0 aliphatic rings. The van der Waals surface area contributed by atoms with E-state index in [0.29, 0.717) is 16.7 Å². The van der Waals surface area contributed by atoms with E-state index in [9.17, 15) is 13.6 Å². The second-order valence-electron chi connectivity index (χ2n) is 6.94. The standard InChI is InChI=1S/C23H19F2N3O3S/c1-14-12-19(15(2)28(14)17-8-10-18(11-9-17)30-22(24)25)20(29)13-32-23-27-26-21(31-23)16-6-4-3-5-7-16/h3-12,22H,13H2,1-2H3. The molecule has 4 rings (SSSR count). The fourth-order valence-electron chi connectivity index (χ4n) is 3.39. The lowest BCUT2D eigenvalue weighted by Gasteiger charge is -2.11. The average Bonchev–Trinajstić information content (AvgIpc) is 3.37. The number of hydrogen-bond donors (Lipinski definition) is 0. The highest BCUT2D eigenvalue weighted by molar-refractivity contribution is 7.99. The first kappa shape index (κ1) is 21.8. The molecule has 0 N–H and O–H groups in total. The van der Waals surface area contributed by atoms with Crippen LogP contribution in [-0.4, -0.2) is 32.9 Å². The number of ether oxygens (including phenoxy) is 1. The van der Waals surface area contributed by atoms with Crippen molar-refractivity contribution in [3.05, 3.63) is 77.6 Å². The molecule has 4 aromatic rings. The monoisotopic (exact) mass is 455 g/mol. The summed E-state index contributed by atoms with van der Waals surface area (Å²) < 4.78 is 36.7. The van der Waals surface area contributed by atoms with Gasteiger partial charge in [-0.05, 0) is 56.3 Å². The third kappa shape index (κ3) is 4.72. The molecular formula is C23H19F2N3O3S. The van der Waals surface area contributed by atoms with Gasteiger partial charge in [0.1, 0.15) is 5.75 Å². The highest BCUT2D eigenvalue weighted by Crippen LogP contribution is 2.27. The fraction of sp³-hybridized carbons (Fsp3) is 0.174. The zero-order valence-electron chi connectivity index (χ0n) is 17.3. The third-order valence-electron chi connectivity index (χ3n) is 4.81. The van der Waals surface area contributed by atoms with Gasteiger partial charge in [-0.25, -0.2) is 0 Å². The van der Waals surface area contributed by atoms with Gasteiger partial charge in [0.15, 0.2) is 5.78 Å². The maximum atomic E-state index is 12.9. The van der Waals surface area contributed by atoms with Crippen molar-refractivity contribution in [3.8, 4) is 22.9 Å². The van der Waals surface area contributed by atoms with E-state index in [-0.39, 0.29) is 17.3 Å². The topological polar surface area (TPSA) is 70.2 Å². The van der Waals surface area contributed by atoms with Crippen LogP contribution in [0.25, 0.3) is 17.1 Å². The largest absolute Gasteiger partial charge is 0.435 e. The number of Topliss-reactive ketones (excluding diaryl/α,β-unsaturated/α-hetero) is 1. The number of rotatable bonds is 8. The van der Waals surface area contributed by atoms with Crippen molar-refractivity contribution < 1.29 is 22.7 Å². The maximum absolute atomic E-state index is 12.9. The van der Waals surface area contributed by atoms with Crippen LogP contribution in [0.1, 0.15) is 21.7 Å². The van der Waals surface area contributed by atoms with Crippen molar-refractivity contribution in [3.63, 3.8) is 0 Å². The first-order valence-corrected chi connectivity index (χ1v) is 10.7. The molecule has 2 heterocycles. The number of thioether (sulfide) groups is 1. The molecule has 0 spiro atoms. The van der Waals surface area contributed by atoms with Gasteiger partial charge in [-0.15, -0.1) is 10.2 Å². The molecule has 6 nitrogen and oxygen atoms in total. The van der Waals surface area contributed by atoms with Crippen LogP contribution >= 0.6 is 11.8 Å². The van der Waals surface area contributed by atoms with E-state index in [1.165, 1.54) is 23.9 Å². The second-order valence-corrected chi connectivity index (χ2v) is 7.87. The minimum absolute atomic E-state index is 0.0772. The molecule has 2 aromatic heterocycles. The van der Waals surface area contributed by atoms with Crippen molar-refractivity contribution >= 4 is 17.5 Å². The Morgan fingerprint density at radius 1 is 1.09 bits per heavy atom. The molecule has 0 amide bonds. The lowest BCUT2D eigenvalue weighted by molar-refractivity contribution is -0.0498. The third-order valence-corrected chi connectivity index (χ3v) is 5.62. The van der Waals surface area contributed by atoms with Crippen molar-refractivity contribution in [2.24, 2.45) is 0 Å². The number of benzene rings is 2. The van der Waals surface area contributed by atoms with Gasteiger partial charge < -0.3 is 13.7 Å². The Morgan fingerprint density at radius 2 is 1.81 bits per heavy atom. The van der Waals surface area contributed by atoms with E-state index in [1.54, 1.807) is 12.1 Å². The minimum Gasteiger partial charge on any atom is -0.435 e. The molecule has 0 aliphatic heterocycles. The van der Waals surface area contributed by atoms with E-state index in [4.69, 9.17) is 4.42 Å². The number of alkyl halides is 2. The van der Waals surface area contributed by atoms with E-state index in [2.05, 4.69) is 14.9 Å². The maximum Gasteiger partial charge on any atom is 0.387 e. The van der Waals surface area contributed by atoms with Crippen LogP contribution in [0.4, 0.5) is 8.78 Å². The summed E-state index contributed by atoms with van der Waals surface area (Å²) in [4.78, 5) is 12.9.